The molecule has 0 saturated carbocycles. The van der Waals surface area contributed by atoms with Crippen molar-refractivity contribution in [2.75, 3.05) is 10.6 Å². The average Bonchev–Trinajstić information content (AvgIpc) is 2.76. The van der Waals surface area contributed by atoms with Crippen LogP contribution in [0.25, 0.3) is 11.1 Å². The molecule has 0 aliphatic rings. The maximum Gasteiger partial charge on any atom is 0.229 e. The summed E-state index contributed by atoms with van der Waals surface area (Å²) in [5.41, 5.74) is 5.05. The van der Waals surface area contributed by atoms with Crippen molar-refractivity contribution < 1.29 is 8.78 Å². The van der Waals surface area contributed by atoms with Crippen LogP contribution in [0.4, 0.5) is 31.9 Å². The number of halogens is 2. The lowest BCUT2D eigenvalue weighted by Gasteiger charge is -2.15. The number of aryl methyl sites for hydroxylation is 2. The molecule has 2 aromatic heterocycles. The summed E-state index contributed by atoms with van der Waals surface area (Å²) >= 11 is 0. The zero-order valence-corrected chi connectivity index (χ0v) is 17.3. The summed E-state index contributed by atoms with van der Waals surface area (Å²) < 4.78 is 27.0. The lowest BCUT2D eigenvalue weighted by Crippen LogP contribution is -2.02. The van der Waals surface area contributed by atoms with E-state index in [1.807, 2.05) is 26.0 Å². The Balaban J connectivity index is 1.57. The first kappa shape index (κ1) is 20.9. The standard InChI is InChI=1S/C24H18F2N6/c1-14-9-17(18-11-20(25)30-21(26)12-18)10-15(2)23(14)31-22-7-8-28-24(32-22)29-19-5-3-16(13-27)4-6-19/h3-12H,1-2H3,(H2,28,29,31,32). The highest BCUT2D eigenvalue weighted by Crippen LogP contribution is 2.31. The van der Waals surface area contributed by atoms with Gasteiger partial charge < -0.3 is 10.6 Å². The average molecular weight is 428 g/mol. The minimum Gasteiger partial charge on any atom is -0.340 e. The van der Waals surface area contributed by atoms with E-state index in [0.29, 0.717) is 28.5 Å². The molecule has 8 heteroatoms. The van der Waals surface area contributed by atoms with E-state index in [2.05, 4.69) is 31.7 Å². The molecule has 0 atom stereocenters. The number of aromatic nitrogens is 3. The fourth-order valence-electron chi connectivity index (χ4n) is 3.33. The Morgan fingerprint density at radius 1 is 0.812 bits per heavy atom. The second-order valence-corrected chi connectivity index (χ2v) is 7.19. The molecule has 0 aliphatic carbocycles. The number of hydrogen-bond acceptors (Lipinski definition) is 6. The summed E-state index contributed by atoms with van der Waals surface area (Å²) in [5, 5.41) is 15.3. The summed E-state index contributed by atoms with van der Waals surface area (Å²) in [6.45, 7) is 3.81. The zero-order valence-electron chi connectivity index (χ0n) is 17.3. The molecular formula is C24H18F2N6. The molecular weight excluding hydrogens is 410 g/mol. The van der Waals surface area contributed by atoms with Crippen molar-refractivity contribution >= 4 is 23.1 Å². The highest BCUT2D eigenvalue weighted by molar-refractivity contribution is 5.73. The third kappa shape index (κ3) is 4.68. The molecule has 0 fully saturated rings. The van der Waals surface area contributed by atoms with Gasteiger partial charge in [-0.05, 0) is 78.6 Å². The van der Waals surface area contributed by atoms with Crippen LogP contribution in [-0.2, 0) is 0 Å². The fraction of sp³-hybridized carbons (Fsp3) is 0.0833. The van der Waals surface area contributed by atoms with Gasteiger partial charge in [-0.25, -0.2) is 4.98 Å². The third-order valence-electron chi connectivity index (χ3n) is 4.81. The van der Waals surface area contributed by atoms with Gasteiger partial charge >= 0.3 is 0 Å². The van der Waals surface area contributed by atoms with Gasteiger partial charge in [-0.15, -0.1) is 0 Å². The first-order chi connectivity index (χ1) is 15.4. The zero-order chi connectivity index (χ0) is 22.7. The molecule has 2 aromatic carbocycles. The molecule has 0 bridgehead atoms. The van der Waals surface area contributed by atoms with Crippen LogP contribution in [0.5, 0.6) is 0 Å². The van der Waals surface area contributed by atoms with Crippen molar-refractivity contribution in [2.24, 2.45) is 0 Å². The smallest absolute Gasteiger partial charge is 0.229 e. The van der Waals surface area contributed by atoms with Gasteiger partial charge in [-0.2, -0.15) is 24.0 Å². The number of pyridine rings is 1. The van der Waals surface area contributed by atoms with E-state index in [9.17, 15) is 8.78 Å². The van der Waals surface area contributed by atoms with Crippen LogP contribution in [-0.4, -0.2) is 15.0 Å². The van der Waals surface area contributed by atoms with Crippen molar-refractivity contribution in [3.63, 3.8) is 0 Å². The number of rotatable bonds is 5. The lowest BCUT2D eigenvalue weighted by molar-refractivity contribution is 0.513. The predicted octanol–water partition coefficient (Wildman–Crippen LogP) is 5.79. The van der Waals surface area contributed by atoms with Crippen molar-refractivity contribution in [1.82, 2.24) is 15.0 Å². The molecule has 0 aliphatic heterocycles. The quantitative estimate of drug-likeness (QED) is 0.391. The highest BCUT2D eigenvalue weighted by atomic mass is 19.1. The van der Waals surface area contributed by atoms with Crippen LogP contribution in [0.1, 0.15) is 16.7 Å². The molecule has 0 spiro atoms. The van der Waals surface area contributed by atoms with Crippen LogP contribution in [0, 0.1) is 37.1 Å². The van der Waals surface area contributed by atoms with Gasteiger partial charge in [-0.1, -0.05) is 0 Å². The van der Waals surface area contributed by atoms with Gasteiger partial charge in [0.05, 0.1) is 11.6 Å². The molecule has 0 saturated heterocycles. The molecule has 0 radical (unpaired) electrons. The predicted molar refractivity (Wildman–Crippen MR) is 119 cm³/mol. The van der Waals surface area contributed by atoms with Crippen molar-refractivity contribution in [2.45, 2.75) is 13.8 Å². The van der Waals surface area contributed by atoms with Crippen LogP contribution >= 0.6 is 0 Å². The van der Waals surface area contributed by atoms with E-state index < -0.39 is 11.9 Å². The van der Waals surface area contributed by atoms with E-state index in [0.717, 1.165) is 22.5 Å². The summed E-state index contributed by atoms with van der Waals surface area (Å²) in [6.07, 6.45) is 1.63. The van der Waals surface area contributed by atoms with Gasteiger partial charge in [0.2, 0.25) is 17.8 Å². The largest absolute Gasteiger partial charge is 0.340 e. The minimum atomic E-state index is -0.860. The minimum absolute atomic E-state index is 0.398. The summed E-state index contributed by atoms with van der Waals surface area (Å²) in [4.78, 5) is 11.9. The summed E-state index contributed by atoms with van der Waals surface area (Å²) in [6, 6.07) is 16.9. The topological polar surface area (TPSA) is 86.5 Å². The van der Waals surface area contributed by atoms with E-state index in [1.54, 1.807) is 36.5 Å². The van der Waals surface area contributed by atoms with Crippen LogP contribution in [0.3, 0.4) is 0 Å². The summed E-state index contributed by atoms with van der Waals surface area (Å²) in [7, 11) is 0. The normalized spacial score (nSPS) is 10.5. The molecule has 158 valence electrons. The Bertz CT molecular complexity index is 1290. The Labute approximate surface area is 183 Å². The Kier molecular flexibility index (Phi) is 5.73. The molecule has 32 heavy (non-hydrogen) atoms. The first-order valence-corrected chi connectivity index (χ1v) is 9.73. The number of anilines is 4. The molecule has 0 unspecified atom stereocenters. The third-order valence-corrected chi connectivity index (χ3v) is 4.81. The second-order valence-electron chi connectivity index (χ2n) is 7.19. The summed E-state index contributed by atoms with van der Waals surface area (Å²) in [5.74, 6) is -0.743. The molecule has 2 heterocycles. The van der Waals surface area contributed by atoms with Gasteiger partial charge in [-0.3, -0.25) is 0 Å². The van der Waals surface area contributed by atoms with Crippen LogP contribution in [0.2, 0.25) is 0 Å². The monoisotopic (exact) mass is 428 g/mol. The number of hydrogen-bond donors (Lipinski definition) is 2. The van der Waals surface area contributed by atoms with E-state index in [4.69, 9.17) is 5.26 Å². The molecule has 6 nitrogen and oxygen atoms in total. The Morgan fingerprint density at radius 2 is 1.44 bits per heavy atom. The molecule has 0 amide bonds. The number of benzene rings is 2. The van der Waals surface area contributed by atoms with Gasteiger partial charge in [0.15, 0.2) is 0 Å². The van der Waals surface area contributed by atoms with Gasteiger partial charge in [0, 0.05) is 29.7 Å². The lowest BCUT2D eigenvalue weighted by atomic mass is 9.99. The number of nitrogens with one attached hydrogen (secondary N) is 2. The highest BCUT2D eigenvalue weighted by Gasteiger charge is 2.11. The molecule has 4 aromatic rings. The van der Waals surface area contributed by atoms with Gasteiger partial charge in [0.1, 0.15) is 5.82 Å². The molecule has 2 N–H and O–H groups in total. The Hall–Kier alpha value is -4.38. The number of nitrogens with zero attached hydrogens (tertiary/aromatic N) is 4. The van der Waals surface area contributed by atoms with Crippen LogP contribution < -0.4 is 10.6 Å². The maximum absolute atomic E-state index is 13.5. The number of nitriles is 1. The van der Waals surface area contributed by atoms with Crippen LogP contribution in [0.15, 0.2) is 60.8 Å². The fourth-order valence-corrected chi connectivity index (χ4v) is 3.33. The molecule has 4 rings (SSSR count). The van der Waals surface area contributed by atoms with E-state index in [1.165, 1.54) is 12.1 Å². The van der Waals surface area contributed by atoms with Crippen molar-refractivity contribution in [3.05, 3.63) is 89.4 Å². The first-order valence-electron chi connectivity index (χ1n) is 9.73. The van der Waals surface area contributed by atoms with Crippen molar-refractivity contribution in [1.29, 1.82) is 5.26 Å². The Morgan fingerprint density at radius 3 is 2.06 bits per heavy atom. The SMILES string of the molecule is Cc1cc(-c2cc(F)nc(F)c2)cc(C)c1Nc1ccnc(Nc2ccc(C#N)cc2)n1. The maximum atomic E-state index is 13.5. The van der Waals surface area contributed by atoms with Crippen molar-refractivity contribution in [3.8, 4) is 17.2 Å². The van der Waals surface area contributed by atoms with E-state index >= 15 is 0 Å². The van der Waals surface area contributed by atoms with Gasteiger partial charge in [0.25, 0.3) is 0 Å². The second kappa shape index (κ2) is 8.78. The van der Waals surface area contributed by atoms with E-state index in [-0.39, 0.29) is 0 Å².